The first-order chi connectivity index (χ1) is 9.27. The molecule has 1 rings (SSSR count). The number of thiocarbonyl (C=S) groups is 1. The fourth-order valence-corrected chi connectivity index (χ4v) is 1.74. The number of aryl methyl sites for hydroxylation is 1. The first-order valence-electron chi connectivity index (χ1n) is 5.69. The van der Waals surface area contributed by atoms with E-state index in [9.17, 15) is 20.2 Å². The molecule has 2 N–H and O–H groups in total. The second kappa shape index (κ2) is 6.24. The highest BCUT2D eigenvalue weighted by Gasteiger charge is 2.27. The molecule has 0 saturated carbocycles. The Morgan fingerprint density at radius 2 is 1.70 bits per heavy atom. The molecule has 108 valence electrons. The largest absolute Gasteiger partial charge is 0.381 e. The lowest BCUT2D eigenvalue weighted by Crippen LogP contribution is -2.34. The summed E-state index contributed by atoms with van der Waals surface area (Å²) in [6, 6.07) is 2.09. The number of anilines is 1. The molecular formula is C11H14N4O4S. The van der Waals surface area contributed by atoms with Gasteiger partial charge in [-0.25, -0.2) is 0 Å². The molecule has 0 saturated heterocycles. The third-order valence-electron chi connectivity index (χ3n) is 2.63. The summed E-state index contributed by atoms with van der Waals surface area (Å²) >= 11 is 5.01. The average molecular weight is 298 g/mol. The van der Waals surface area contributed by atoms with Gasteiger partial charge in [-0.15, -0.1) is 0 Å². The molecule has 0 fully saturated rings. The number of likely N-dealkylation sites (N-methyl/N-ethyl adjacent to an activating group) is 1. The van der Waals surface area contributed by atoms with Crippen LogP contribution in [0, 0.1) is 27.2 Å². The van der Waals surface area contributed by atoms with Gasteiger partial charge in [0, 0.05) is 19.2 Å². The van der Waals surface area contributed by atoms with Gasteiger partial charge in [-0.1, -0.05) is 12.2 Å². The zero-order valence-corrected chi connectivity index (χ0v) is 12.0. The summed E-state index contributed by atoms with van der Waals surface area (Å²) < 4.78 is 0. The minimum absolute atomic E-state index is 0.143. The summed E-state index contributed by atoms with van der Waals surface area (Å²) in [5.74, 6) is 0. The molecule has 1 aromatic rings. The van der Waals surface area contributed by atoms with E-state index in [4.69, 9.17) is 12.2 Å². The molecule has 0 spiro atoms. The molecule has 0 aliphatic rings. The van der Waals surface area contributed by atoms with E-state index in [-0.39, 0.29) is 17.1 Å². The zero-order valence-electron chi connectivity index (χ0n) is 11.2. The minimum Gasteiger partial charge on any atom is -0.381 e. The molecule has 0 radical (unpaired) electrons. The number of benzene rings is 1. The van der Waals surface area contributed by atoms with Gasteiger partial charge in [-0.2, -0.15) is 0 Å². The Balaban J connectivity index is 3.37. The Labute approximate surface area is 120 Å². The first kappa shape index (κ1) is 15.8. The lowest BCUT2D eigenvalue weighted by molar-refractivity contribution is -0.392. The van der Waals surface area contributed by atoms with Crippen molar-refractivity contribution in [1.29, 1.82) is 0 Å². The fraction of sp³-hybridized carbons (Fsp3) is 0.364. The Kier molecular flexibility index (Phi) is 4.92. The van der Waals surface area contributed by atoms with Gasteiger partial charge >= 0.3 is 0 Å². The molecule has 1 aromatic carbocycles. The van der Waals surface area contributed by atoms with Crippen molar-refractivity contribution in [2.75, 3.05) is 12.4 Å². The van der Waals surface area contributed by atoms with Crippen molar-refractivity contribution in [3.05, 3.63) is 37.9 Å². The third kappa shape index (κ3) is 3.38. The van der Waals surface area contributed by atoms with Crippen molar-refractivity contribution >= 4 is 34.3 Å². The van der Waals surface area contributed by atoms with E-state index in [1.54, 1.807) is 20.9 Å². The van der Waals surface area contributed by atoms with Gasteiger partial charge in [0.15, 0.2) is 5.69 Å². The minimum atomic E-state index is -0.655. The van der Waals surface area contributed by atoms with E-state index < -0.39 is 15.9 Å². The molecule has 20 heavy (non-hydrogen) atoms. The van der Waals surface area contributed by atoms with Crippen LogP contribution < -0.4 is 10.6 Å². The molecule has 1 atom stereocenters. The lowest BCUT2D eigenvalue weighted by atomic mass is 10.1. The predicted octanol–water partition coefficient (Wildman–Crippen LogP) is 2.16. The summed E-state index contributed by atoms with van der Waals surface area (Å²) in [7, 11) is 1.61. The molecule has 8 nitrogen and oxygen atoms in total. The maximum Gasteiger partial charge on any atom is 0.299 e. The van der Waals surface area contributed by atoms with Gasteiger partial charge in [-0.3, -0.25) is 20.2 Å². The van der Waals surface area contributed by atoms with E-state index in [0.717, 1.165) is 0 Å². The van der Waals surface area contributed by atoms with Crippen LogP contribution >= 0.6 is 12.2 Å². The normalized spacial score (nSPS) is 11.6. The van der Waals surface area contributed by atoms with Crippen LogP contribution in [-0.4, -0.2) is 27.9 Å². The van der Waals surface area contributed by atoms with Crippen LogP contribution in [0.2, 0.25) is 0 Å². The standard InChI is InChI=1S/C11H14N4O4S/c1-6-4-8(14(16)17)10(9(5-6)15(18)19)13-7(2)11(20)12-3/h4-5,7,13H,1-3H3,(H,12,20)/t7-/m1/s1. The van der Waals surface area contributed by atoms with Crippen molar-refractivity contribution in [2.45, 2.75) is 19.9 Å². The first-order valence-corrected chi connectivity index (χ1v) is 6.10. The summed E-state index contributed by atoms with van der Waals surface area (Å²) in [5, 5.41) is 27.6. The van der Waals surface area contributed by atoms with Gasteiger partial charge in [-0.05, 0) is 19.4 Å². The van der Waals surface area contributed by atoms with Crippen LogP contribution in [0.1, 0.15) is 12.5 Å². The SMILES string of the molecule is CNC(=S)[C@@H](C)Nc1c([N+](=O)[O-])cc(C)cc1[N+](=O)[O-]. The number of nitro groups is 2. The molecule has 0 aliphatic carbocycles. The van der Waals surface area contributed by atoms with Crippen LogP contribution in [0.25, 0.3) is 0 Å². The van der Waals surface area contributed by atoms with E-state index in [0.29, 0.717) is 10.6 Å². The number of nitrogens with one attached hydrogen (secondary N) is 2. The second-order valence-electron chi connectivity index (χ2n) is 4.17. The van der Waals surface area contributed by atoms with E-state index in [2.05, 4.69) is 10.6 Å². The Bertz CT molecular complexity index is 541. The van der Waals surface area contributed by atoms with Crippen LogP contribution in [-0.2, 0) is 0 Å². The third-order valence-corrected chi connectivity index (χ3v) is 3.19. The van der Waals surface area contributed by atoms with E-state index in [1.807, 2.05) is 0 Å². The Morgan fingerprint density at radius 1 is 1.25 bits per heavy atom. The number of hydrogen-bond acceptors (Lipinski definition) is 6. The molecule has 9 heteroatoms. The number of hydrogen-bond donors (Lipinski definition) is 2. The number of nitrogens with zero attached hydrogens (tertiary/aromatic N) is 2. The summed E-state index contributed by atoms with van der Waals surface area (Å²) in [4.78, 5) is 21.2. The number of rotatable bonds is 5. The molecular weight excluding hydrogens is 284 g/mol. The highest BCUT2D eigenvalue weighted by atomic mass is 32.1. The van der Waals surface area contributed by atoms with Gasteiger partial charge in [0.1, 0.15) is 0 Å². The average Bonchev–Trinajstić information content (AvgIpc) is 2.38. The highest BCUT2D eigenvalue weighted by molar-refractivity contribution is 7.80. The quantitative estimate of drug-likeness (QED) is 0.487. The summed E-state index contributed by atoms with van der Waals surface area (Å²) in [5.41, 5.74) is -0.390. The highest BCUT2D eigenvalue weighted by Crippen LogP contribution is 2.35. The Morgan fingerprint density at radius 3 is 2.05 bits per heavy atom. The van der Waals surface area contributed by atoms with Gasteiger partial charge < -0.3 is 10.6 Å². The number of nitro benzene ring substituents is 2. The summed E-state index contributed by atoms with van der Waals surface area (Å²) in [6.45, 7) is 3.22. The van der Waals surface area contributed by atoms with Crippen LogP contribution in [0.15, 0.2) is 12.1 Å². The van der Waals surface area contributed by atoms with Crippen molar-refractivity contribution in [3.63, 3.8) is 0 Å². The Hall–Kier alpha value is -2.29. The van der Waals surface area contributed by atoms with Crippen LogP contribution in [0.5, 0.6) is 0 Å². The fourth-order valence-electron chi connectivity index (χ4n) is 1.68. The van der Waals surface area contributed by atoms with Crippen LogP contribution in [0.4, 0.5) is 17.1 Å². The van der Waals surface area contributed by atoms with Gasteiger partial charge in [0.05, 0.1) is 20.9 Å². The second-order valence-corrected chi connectivity index (χ2v) is 4.61. The van der Waals surface area contributed by atoms with Crippen molar-refractivity contribution in [2.24, 2.45) is 0 Å². The summed E-state index contributed by atoms with van der Waals surface area (Å²) in [6.07, 6.45) is 0. The van der Waals surface area contributed by atoms with Crippen molar-refractivity contribution < 1.29 is 9.85 Å². The molecule has 0 unspecified atom stereocenters. The van der Waals surface area contributed by atoms with Crippen LogP contribution in [0.3, 0.4) is 0 Å². The molecule has 0 heterocycles. The molecule has 0 aromatic heterocycles. The monoisotopic (exact) mass is 298 g/mol. The molecule has 0 aliphatic heterocycles. The van der Waals surface area contributed by atoms with Crippen molar-refractivity contribution in [1.82, 2.24) is 5.32 Å². The van der Waals surface area contributed by atoms with Gasteiger partial charge in [0.25, 0.3) is 11.4 Å². The topological polar surface area (TPSA) is 110 Å². The van der Waals surface area contributed by atoms with E-state index in [1.165, 1.54) is 12.1 Å². The smallest absolute Gasteiger partial charge is 0.299 e. The molecule has 0 bridgehead atoms. The van der Waals surface area contributed by atoms with Crippen molar-refractivity contribution in [3.8, 4) is 0 Å². The maximum atomic E-state index is 11.1. The van der Waals surface area contributed by atoms with Gasteiger partial charge in [0.2, 0.25) is 0 Å². The predicted molar refractivity (Wildman–Crippen MR) is 79.2 cm³/mol. The zero-order chi connectivity index (χ0) is 15.4. The molecule has 0 amide bonds. The maximum absolute atomic E-state index is 11.1. The van der Waals surface area contributed by atoms with E-state index >= 15 is 0 Å². The lowest BCUT2D eigenvalue weighted by Gasteiger charge is -2.16.